The van der Waals surface area contributed by atoms with Gasteiger partial charge in [-0.2, -0.15) is 5.10 Å². The molecule has 2 aromatic rings. The minimum absolute atomic E-state index is 0.0846. The monoisotopic (exact) mass is 357 g/mol. The number of hydrogen-bond donors (Lipinski definition) is 1. The zero-order valence-corrected chi connectivity index (χ0v) is 16.1. The molecule has 1 aliphatic heterocycles. The number of anilines is 1. The van der Waals surface area contributed by atoms with Crippen LogP contribution in [0.1, 0.15) is 54.2 Å². The van der Waals surface area contributed by atoms with Crippen LogP contribution in [0.5, 0.6) is 0 Å². The summed E-state index contributed by atoms with van der Waals surface area (Å²) >= 11 is 0. The molecule has 0 aromatic carbocycles. The smallest absolute Gasteiger partial charge is 0.270 e. The SMILES string of the molecule is CCn1nc2c(c1C(=O)NCc1ccnc(N(C)C)c1)C[C@H](C)O[C@@H]2C. The van der Waals surface area contributed by atoms with E-state index in [1.54, 1.807) is 10.9 Å². The molecule has 0 radical (unpaired) electrons. The number of nitrogens with one attached hydrogen (secondary N) is 1. The Bertz CT molecular complexity index is 799. The number of ether oxygens (including phenoxy) is 1. The molecule has 0 spiro atoms. The van der Waals surface area contributed by atoms with Gasteiger partial charge in [-0.3, -0.25) is 9.48 Å². The van der Waals surface area contributed by atoms with Crippen molar-refractivity contribution in [3.05, 3.63) is 40.8 Å². The van der Waals surface area contributed by atoms with Crippen LogP contribution in [0, 0.1) is 0 Å². The number of nitrogens with zero attached hydrogens (tertiary/aromatic N) is 4. The lowest BCUT2D eigenvalue weighted by atomic mass is 9.99. The first-order valence-electron chi connectivity index (χ1n) is 9.06. The summed E-state index contributed by atoms with van der Waals surface area (Å²) in [4.78, 5) is 19.2. The Hall–Kier alpha value is -2.41. The standard InChI is InChI=1S/C19H27N5O2/c1-6-24-18(15-9-12(2)26-13(3)17(15)22-24)19(25)21-11-14-7-8-20-16(10-14)23(4)5/h7-8,10,12-13H,6,9,11H2,1-5H3,(H,21,25)/t12-,13+/m0/s1. The van der Waals surface area contributed by atoms with E-state index in [0.29, 0.717) is 25.2 Å². The molecule has 3 heterocycles. The lowest BCUT2D eigenvalue weighted by Crippen LogP contribution is -2.29. The van der Waals surface area contributed by atoms with Gasteiger partial charge < -0.3 is 15.0 Å². The molecular weight excluding hydrogens is 330 g/mol. The van der Waals surface area contributed by atoms with Gasteiger partial charge in [0.15, 0.2) is 0 Å². The predicted octanol–water partition coefficient (Wildman–Crippen LogP) is 2.32. The fourth-order valence-electron chi connectivity index (χ4n) is 3.36. The van der Waals surface area contributed by atoms with Crippen molar-refractivity contribution in [3.8, 4) is 0 Å². The molecule has 0 aliphatic carbocycles. The largest absolute Gasteiger partial charge is 0.369 e. The molecule has 140 valence electrons. The number of pyridine rings is 1. The number of amides is 1. The lowest BCUT2D eigenvalue weighted by Gasteiger charge is -2.24. The van der Waals surface area contributed by atoms with E-state index in [2.05, 4.69) is 15.4 Å². The summed E-state index contributed by atoms with van der Waals surface area (Å²) in [6.07, 6.45) is 2.47. The van der Waals surface area contributed by atoms with Gasteiger partial charge in [-0.25, -0.2) is 4.98 Å². The third-order valence-corrected chi connectivity index (χ3v) is 4.63. The van der Waals surface area contributed by atoms with Crippen LogP contribution in [-0.4, -0.2) is 40.9 Å². The number of aromatic nitrogens is 3. The van der Waals surface area contributed by atoms with Gasteiger partial charge in [0.05, 0.1) is 17.9 Å². The van der Waals surface area contributed by atoms with Crippen LogP contribution in [0.4, 0.5) is 5.82 Å². The minimum Gasteiger partial charge on any atom is -0.369 e. The van der Waals surface area contributed by atoms with E-state index in [4.69, 9.17) is 4.74 Å². The maximum Gasteiger partial charge on any atom is 0.270 e. The third-order valence-electron chi connectivity index (χ3n) is 4.63. The average molecular weight is 357 g/mol. The van der Waals surface area contributed by atoms with E-state index in [-0.39, 0.29) is 18.1 Å². The van der Waals surface area contributed by atoms with Crippen LogP contribution in [-0.2, 0) is 24.2 Å². The van der Waals surface area contributed by atoms with Crippen molar-refractivity contribution in [1.29, 1.82) is 0 Å². The minimum atomic E-state index is -0.0925. The number of hydrogen-bond acceptors (Lipinski definition) is 5. The number of carbonyl (C=O) groups is 1. The second-order valence-electron chi connectivity index (χ2n) is 6.92. The number of aryl methyl sites for hydroxylation is 1. The van der Waals surface area contributed by atoms with Crippen molar-refractivity contribution in [1.82, 2.24) is 20.1 Å². The summed E-state index contributed by atoms with van der Waals surface area (Å²) in [7, 11) is 3.89. The van der Waals surface area contributed by atoms with E-state index >= 15 is 0 Å². The average Bonchev–Trinajstić information content (AvgIpc) is 2.98. The maximum atomic E-state index is 12.9. The van der Waals surface area contributed by atoms with Crippen LogP contribution in [0.15, 0.2) is 18.3 Å². The summed E-state index contributed by atoms with van der Waals surface area (Å²) in [6.45, 7) is 7.12. The molecule has 0 saturated heterocycles. The second kappa shape index (κ2) is 7.45. The number of fused-ring (bicyclic) bond motifs is 1. The molecule has 7 nitrogen and oxygen atoms in total. The maximum absolute atomic E-state index is 12.9. The van der Waals surface area contributed by atoms with Crippen LogP contribution < -0.4 is 10.2 Å². The molecule has 26 heavy (non-hydrogen) atoms. The van der Waals surface area contributed by atoms with Crippen molar-refractivity contribution in [2.24, 2.45) is 0 Å². The van der Waals surface area contributed by atoms with Crippen molar-refractivity contribution in [2.45, 2.75) is 52.5 Å². The highest BCUT2D eigenvalue weighted by atomic mass is 16.5. The molecule has 2 aromatic heterocycles. The molecule has 7 heteroatoms. The highest BCUT2D eigenvalue weighted by Gasteiger charge is 2.31. The van der Waals surface area contributed by atoms with Gasteiger partial charge in [0, 0.05) is 45.4 Å². The summed E-state index contributed by atoms with van der Waals surface area (Å²) in [5.74, 6) is 0.776. The lowest BCUT2D eigenvalue weighted by molar-refractivity contribution is -0.00712. The summed E-state index contributed by atoms with van der Waals surface area (Å²) in [5.41, 5.74) is 3.57. The van der Waals surface area contributed by atoms with Gasteiger partial charge in [-0.1, -0.05) is 0 Å². The quantitative estimate of drug-likeness (QED) is 0.889. The van der Waals surface area contributed by atoms with Crippen molar-refractivity contribution in [3.63, 3.8) is 0 Å². The van der Waals surface area contributed by atoms with Crippen molar-refractivity contribution >= 4 is 11.7 Å². The molecule has 2 atom stereocenters. The molecular formula is C19H27N5O2. The van der Waals surface area contributed by atoms with E-state index in [9.17, 15) is 4.79 Å². The normalized spacial score (nSPS) is 19.1. The van der Waals surface area contributed by atoms with Gasteiger partial charge in [0.2, 0.25) is 0 Å². The van der Waals surface area contributed by atoms with Crippen LogP contribution >= 0.6 is 0 Å². The Kier molecular flexibility index (Phi) is 5.27. The Labute approximate surface area is 154 Å². The van der Waals surface area contributed by atoms with Crippen molar-refractivity contribution < 1.29 is 9.53 Å². The van der Waals surface area contributed by atoms with Crippen LogP contribution in [0.3, 0.4) is 0 Å². The van der Waals surface area contributed by atoms with E-state index in [1.165, 1.54) is 0 Å². The summed E-state index contributed by atoms with van der Waals surface area (Å²) in [6, 6.07) is 3.89. The first kappa shape index (κ1) is 18.4. The van der Waals surface area contributed by atoms with E-state index in [0.717, 1.165) is 22.6 Å². The molecule has 1 amide bonds. The van der Waals surface area contributed by atoms with Crippen LogP contribution in [0.25, 0.3) is 0 Å². The van der Waals surface area contributed by atoms with Crippen LogP contribution in [0.2, 0.25) is 0 Å². The molecule has 1 aliphatic rings. The predicted molar refractivity (Wildman–Crippen MR) is 100 cm³/mol. The van der Waals surface area contributed by atoms with Gasteiger partial charge in [0.1, 0.15) is 11.5 Å². The Morgan fingerprint density at radius 1 is 1.42 bits per heavy atom. The molecule has 0 saturated carbocycles. The zero-order valence-electron chi connectivity index (χ0n) is 16.1. The topological polar surface area (TPSA) is 72.3 Å². The van der Waals surface area contributed by atoms with Gasteiger partial charge >= 0.3 is 0 Å². The Balaban J connectivity index is 1.81. The van der Waals surface area contributed by atoms with Gasteiger partial charge in [-0.05, 0) is 38.5 Å². The number of rotatable bonds is 5. The third kappa shape index (κ3) is 3.58. The highest BCUT2D eigenvalue weighted by Crippen LogP contribution is 2.31. The number of carbonyl (C=O) groups excluding carboxylic acids is 1. The molecule has 0 bridgehead atoms. The molecule has 3 rings (SSSR count). The zero-order chi connectivity index (χ0) is 18.8. The van der Waals surface area contributed by atoms with E-state index in [1.807, 2.05) is 51.9 Å². The van der Waals surface area contributed by atoms with Crippen molar-refractivity contribution in [2.75, 3.05) is 19.0 Å². The molecule has 0 fully saturated rings. The van der Waals surface area contributed by atoms with Gasteiger partial charge in [0.25, 0.3) is 5.91 Å². The Morgan fingerprint density at radius 3 is 2.88 bits per heavy atom. The molecule has 0 unspecified atom stereocenters. The first-order chi connectivity index (χ1) is 12.4. The summed E-state index contributed by atoms with van der Waals surface area (Å²) < 4.78 is 7.64. The fourth-order valence-corrected chi connectivity index (χ4v) is 3.36. The fraction of sp³-hybridized carbons (Fsp3) is 0.526. The molecule has 1 N–H and O–H groups in total. The Morgan fingerprint density at radius 2 is 2.19 bits per heavy atom. The highest BCUT2D eigenvalue weighted by molar-refractivity contribution is 5.94. The second-order valence-corrected chi connectivity index (χ2v) is 6.92. The summed E-state index contributed by atoms with van der Waals surface area (Å²) in [5, 5.41) is 7.65. The van der Waals surface area contributed by atoms with Gasteiger partial charge in [-0.15, -0.1) is 0 Å². The van der Waals surface area contributed by atoms with E-state index < -0.39 is 0 Å². The first-order valence-corrected chi connectivity index (χ1v) is 9.06.